The molecule has 0 radical (unpaired) electrons. The summed E-state index contributed by atoms with van der Waals surface area (Å²) in [5.41, 5.74) is 1.24. The predicted octanol–water partition coefficient (Wildman–Crippen LogP) is 1.42. The van der Waals surface area contributed by atoms with Crippen LogP contribution in [0.3, 0.4) is 0 Å². The van der Waals surface area contributed by atoms with Gasteiger partial charge < -0.3 is 19.9 Å². The van der Waals surface area contributed by atoms with Crippen molar-refractivity contribution in [2.45, 2.75) is 45.1 Å². The predicted molar refractivity (Wildman–Crippen MR) is 106 cm³/mol. The van der Waals surface area contributed by atoms with Crippen LogP contribution >= 0.6 is 0 Å². The Kier molecular flexibility index (Phi) is 6.49. The van der Waals surface area contributed by atoms with Gasteiger partial charge in [-0.2, -0.15) is 0 Å². The normalized spacial score (nSPS) is 20.5. The third-order valence-corrected chi connectivity index (χ3v) is 5.33. The number of aromatic nitrogens is 2. The van der Waals surface area contributed by atoms with E-state index in [1.165, 1.54) is 0 Å². The summed E-state index contributed by atoms with van der Waals surface area (Å²) in [5.74, 6) is 0.716. The van der Waals surface area contributed by atoms with Crippen molar-refractivity contribution >= 4 is 17.8 Å². The van der Waals surface area contributed by atoms with E-state index in [-0.39, 0.29) is 29.7 Å². The molecule has 8 heteroatoms. The number of anilines is 1. The van der Waals surface area contributed by atoms with E-state index in [9.17, 15) is 9.59 Å². The van der Waals surface area contributed by atoms with Crippen molar-refractivity contribution in [1.82, 2.24) is 20.2 Å². The number of likely N-dealkylation sites (tertiary alicyclic amines) is 1. The van der Waals surface area contributed by atoms with Gasteiger partial charge in [-0.1, -0.05) is 0 Å². The number of rotatable bonds is 5. The molecular formula is C20H31N5O3. The molecule has 0 aliphatic carbocycles. The molecule has 0 bridgehead atoms. The van der Waals surface area contributed by atoms with E-state index in [1.807, 2.05) is 37.7 Å². The van der Waals surface area contributed by atoms with E-state index in [4.69, 9.17) is 4.74 Å². The highest BCUT2D eigenvalue weighted by Gasteiger charge is 2.35. The van der Waals surface area contributed by atoms with Gasteiger partial charge in [-0.3, -0.25) is 9.59 Å². The molecule has 2 amide bonds. The van der Waals surface area contributed by atoms with Crippen molar-refractivity contribution in [3.63, 3.8) is 0 Å². The van der Waals surface area contributed by atoms with E-state index in [0.29, 0.717) is 37.8 Å². The molecule has 8 nitrogen and oxygen atoms in total. The molecule has 1 N–H and O–H groups in total. The number of amides is 2. The lowest BCUT2D eigenvalue weighted by molar-refractivity contribution is -0.137. The van der Waals surface area contributed by atoms with Crippen LogP contribution in [0.2, 0.25) is 0 Å². The van der Waals surface area contributed by atoms with Gasteiger partial charge in [0.05, 0.1) is 11.3 Å². The van der Waals surface area contributed by atoms with Crippen molar-refractivity contribution in [3.8, 4) is 0 Å². The smallest absolute Gasteiger partial charge is 0.254 e. The molecule has 2 saturated heterocycles. The highest BCUT2D eigenvalue weighted by Crippen LogP contribution is 2.31. The first-order valence-electron chi connectivity index (χ1n) is 10.1. The van der Waals surface area contributed by atoms with Gasteiger partial charge in [0, 0.05) is 64.5 Å². The van der Waals surface area contributed by atoms with E-state index in [1.54, 1.807) is 6.20 Å². The lowest BCUT2D eigenvalue weighted by atomic mass is 9.98. The summed E-state index contributed by atoms with van der Waals surface area (Å²) >= 11 is 0. The second-order valence-electron chi connectivity index (χ2n) is 8.15. The van der Waals surface area contributed by atoms with Gasteiger partial charge in [-0.05, 0) is 33.1 Å². The number of nitrogens with zero attached hydrogens (tertiary/aromatic N) is 4. The van der Waals surface area contributed by atoms with E-state index in [2.05, 4.69) is 15.3 Å². The van der Waals surface area contributed by atoms with Crippen LogP contribution in [-0.4, -0.2) is 73.1 Å². The van der Waals surface area contributed by atoms with Crippen molar-refractivity contribution in [2.75, 3.05) is 45.3 Å². The molecule has 1 aromatic heterocycles. The number of hydrogen-bond donors (Lipinski definition) is 1. The highest BCUT2D eigenvalue weighted by molar-refractivity contribution is 5.95. The molecule has 2 aliphatic rings. The van der Waals surface area contributed by atoms with Crippen molar-refractivity contribution in [1.29, 1.82) is 0 Å². The Morgan fingerprint density at radius 2 is 1.96 bits per heavy atom. The van der Waals surface area contributed by atoms with Crippen LogP contribution < -0.4 is 10.2 Å². The number of carbonyl (C=O) groups is 2. The SMILES string of the molecule is CC(C)NC(=O)c1cnc(N(C)C)nc1C1CCN(C(=O)C2CCOCC2)C1. The monoisotopic (exact) mass is 389 g/mol. The summed E-state index contributed by atoms with van der Waals surface area (Å²) < 4.78 is 5.38. The van der Waals surface area contributed by atoms with Crippen molar-refractivity contribution < 1.29 is 14.3 Å². The van der Waals surface area contributed by atoms with Gasteiger partial charge in [-0.15, -0.1) is 0 Å². The van der Waals surface area contributed by atoms with Crippen LogP contribution in [-0.2, 0) is 9.53 Å². The minimum atomic E-state index is -0.162. The maximum absolute atomic E-state index is 12.9. The minimum Gasteiger partial charge on any atom is -0.381 e. The Morgan fingerprint density at radius 3 is 2.61 bits per heavy atom. The fourth-order valence-electron chi connectivity index (χ4n) is 3.81. The molecule has 2 aliphatic heterocycles. The fourth-order valence-corrected chi connectivity index (χ4v) is 3.81. The first-order chi connectivity index (χ1) is 13.4. The molecule has 0 spiro atoms. The van der Waals surface area contributed by atoms with Crippen LogP contribution in [0.5, 0.6) is 0 Å². The number of hydrogen-bond acceptors (Lipinski definition) is 6. The van der Waals surface area contributed by atoms with E-state index >= 15 is 0 Å². The van der Waals surface area contributed by atoms with Gasteiger partial charge >= 0.3 is 0 Å². The summed E-state index contributed by atoms with van der Waals surface area (Å²) in [6, 6.07) is 0.0315. The standard InChI is InChI=1S/C20H31N5O3/c1-13(2)22-18(26)16-11-21-20(24(3)4)23-17(16)15-5-8-25(12-15)19(27)14-6-9-28-10-7-14/h11,13-15H,5-10,12H2,1-4H3,(H,22,26). The Labute approximate surface area is 166 Å². The minimum absolute atomic E-state index is 0.0315. The fraction of sp³-hybridized carbons (Fsp3) is 0.700. The Hall–Kier alpha value is -2.22. The maximum atomic E-state index is 12.9. The van der Waals surface area contributed by atoms with Gasteiger partial charge in [0.25, 0.3) is 5.91 Å². The summed E-state index contributed by atoms with van der Waals surface area (Å²) in [5, 5.41) is 2.93. The second kappa shape index (κ2) is 8.86. The molecule has 0 aromatic carbocycles. The van der Waals surface area contributed by atoms with Crippen LogP contribution in [0.4, 0.5) is 5.95 Å². The molecule has 3 rings (SSSR count). The van der Waals surface area contributed by atoms with Crippen molar-refractivity contribution in [3.05, 3.63) is 17.5 Å². The largest absolute Gasteiger partial charge is 0.381 e. The lowest BCUT2D eigenvalue weighted by Crippen LogP contribution is -2.37. The average molecular weight is 390 g/mol. The first-order valence-corrected chi connectivity index (χ1v) is 10.1. The van der Waals surface area contributed by atoms with Crippen LogP contribution in [0.25, 0.3) is 0 Å². The highest BCUT2D eigenvalue weighted by atomic mass is 16.5. The summed E-state index contributed by atoms with van der Waals surface area (Å²) in [7, 11) is 3.76. The molecule has 1 aromatic rings. The number of ether oxygens (including phenoxy) is 1. The third kappa shape index (κ3) is 4.60. The zero-order valence-electron chi connectivity index (χ0n) is 17.3. The number of carbonyl (C=O) groups excluding carboxylic acids is 2. The molecular weight excluding hydrogens is 358 g/mol. The Bertz CT molecular complexity index is 716. The average Bonchev–Trinajstić information content (AvgIpc) is 3.17. The quantitative estimate of drug-likeness (QED) is 0.820. The topological polar surface area (TPSA) is 87.7 Å². The molecule has 3 heterocycles. The van der Waals surface area contributed by atoms with Gasteiger partial charge in [0.15, 0.2) is 0 Å². The van der Waals surface area contributed by atoms with E-state index in [0.717, 1.165) is 25.0 Å². The van der Waals surface area contributed by atoms with E-state index < -0.39 is 0 Å². The molecule has 0 saturated carbocycles. The van der Waals surface area contributed by atoms with Gasteiger partial charge in [0.2, 0.25) is 11.9 Å². The first kappa shape index (κ1) is 20.5. The number of nitrogens with one attached hydrogen (secondary N) is 1. The maximum Gasteiger partial charge on any atom is 0.254 e. The van der Waals surface area contributed by atoms with Gasteiger partial charge in [-0.25, -0.2) is 9.97 Å². The summed E-state index contributed by atoms with van der Waals surface area (Å²) in [4.78, 5) is 38.3. The van der Waals surface area contributed by atoms with Crippen LogP contribution in [0.1, 0.15) is 55.1 Å². The molecule has 1 unspecified atom stereocenters. The Morgan fingerprint density at radius 1 is 1.25 bits per heavy atom. The molecule has 28 heavy (non-hydrogen) atoms. The molecule has 1 atom stereocenters. The zero-order chi connectivity index (χ0) is 20.3. The van der Waals surface area contributed by atoms with Gasteiger partial charge in [0.1, 0.15) is 0 Å². The third-order valence-electron chi connectivity index (χ3n) is 5.33. The summed E-state index contributed by atoms with van der Waals surface area (Å²) in [6.07, 6.45) is 4.00. The lowest BCUT2D eigenvalue weighted by Gasteiger charge is -2.26. The van der Waals surface area contributed by atoms with Crippen molar-refractivity contribution in [2.24, 2.45) is 5.92 Å². The van der Waals surface area contributed by atoms with Crippen LogP contribution in [0, 0.1) is 5.92 Å². The van der Waals surface area contributed by atoms with Crippen LogP contribution in [0.15, 0.2) is 6.20 Å². The molecule has 2 fully saturated rings. The second-order valence-corrected chi connectivity index (χ2v) is 8.15. The summed E-state index contributed by atoms with van der Waals surface area (Å²) in [6.45, 7) is 6.47. The zero-order valence-corrected chi connectivity index (χ0v) is 17.3. The molecule has 154 valence electrons. The Balaban J connectivity index is 1.80.